The summed E-state index contributed by atoms with van der Waals surface area (Å²) in [6, 6.07) is 10.0. The van der Waals surface area contributed by atoms with Gasteiger partial charge in [-0.25, -0.2) is 18.2 Å². The fourth-order valence-corrected chi connectivity index (χ4v) is 5.11. The molecule has 0 spiro atoms. The first-order valence-corrected chi connectivity index (χ1v) is 12.4. The average Bonchev–Trinajstić information content (AvgIpc) is 2.90. The molecule has 0 bridgehead atoms. The van der Waals surface area contributed by atoms with Gasteiger partial charge in [0.1, 0.15) is 23.1 Å². The Hall–Kier alpha value is -4.22. The van der Waals surface area contributed by atoms with E-state index >= 15 is 0 Å². The van der Waals surface area contributed by atoms with Crippen LogP contribution in [0.2, 0.25) is 0 Å². The van der Waals surface area contributed by atoms with Crippen LogP contribution in [0.15, 0.2) is 59.6 Å². The molecular weight excluding hydrogens is 538 g/mol. The lowest BCUT2D eigenvalue weighted by molar-refractivity contribution is -0.140. The second kappa shape index (κ2) is 10.4. The highest BCUT2D eigenvalue weighted by Crippen LogP contribution is 2.43. The van der Waals surface area contributed by atoms with Crippen LogP contribution < -0.4 is 9.80 Å². The van der Waals surface area contributed by atoms with Gasteiger partial charge in [-0.05, 0) is 55.0 Å². The highest BCUT2D eigenvalue weighted by molar-refractivity contribution is 6.01. The van der Waals surface area contributed by atoms with E-state index in [0.29, 0.717) is 43.9 Å². The maximum atomic E-state index is 15.0. The number of aliphatic carboxylic acids is 1. The van der Waals surface area contributed by atoms with E-state index in [1.54, 1.807) is 24.0 Å². The summed E-state index contributed by atoms with van der Waals surface area (Å²) < 4.78 is 83.8. The molecule has 2 heterocycles. The third-order valence-electron chi connectivity index (χ3n) is 7.09. The number of aryl methyl sites for hydroxylation is 1. The van der Waals surface area contributed by atoms with E-state index in [-0.39, 0.29) is 28.7 Å². The number of nitrogens with zero attached hydrogens (tertiary/aromatic N) is 4. The second-order valence-corrected chi connectivity index (χ2v) is 9.64. The Labute approximate surface area is 225 Å². The predicted molar refractivity (Wildman–Crippen MR) is 137 cm³/mol. The number of hydrogen-bond donors (Lipinski definition) is 1. The maximum absolute atomic E-state index is 15.0. The molecule has 1 unspecified atom stereocenters. The minimum atomic E-state index is -5.00. The molecule has 6 nitrogen and oxygen atoms in total. The van der Waals surface area contributed by atoms with Crippen LogP contribution in [0, 0.1) is 24.4 Å². The molecule has 40 heavy (non-hydrogen) atoms. The summed E-state index contributed by atoms with van der Waals surface area (Å²) in [6.45, 7) is 3.08. The van der Waals surface area contributed by atoms with Crippen LogP contribution in [0.4, 0.5) is 43.4 Å². The lowest BCUT2D eigenvalue weighted by atomic mass is 9.97. The van der Waals surface area contributed by atoms with E-state index in [1.165, 1.54) is 29.2 Å². The van der Waals surface area contributed by atoms with Gasteiger partial charge >= 0.3 is 12.1 Å². The zero-order valence-electron chi connectivity index (χ0n) is 21.2. The van der Waals surface area contributed by atoms with E-state index in [0.717, 1.165) is 11.8 Å². The van der Waals surface area contributed by atoms with Gasteiger partial charge in [0.25, 0.3) is 0 Å². The van der Waals surface area contributed by atoms with Crippen LogP contribution in [-0.2, 0) is 11.0 Å². The molecule has 0 aliphatic carbocycles. The van der Waals surface area contributed by atoms with Crippen molar-refractivity contribution in [2.75, 3.05) is 36.0 Å². The Kier molecular flexibility index (Phi) is 7.11. The van der Waals surface area contributed by atoms with Crippen LogP contribution in [0.25, 0.3) is 0 Å². The van der Waals surface area contributed by atoms with Crippen LogP contribution in [-0.4, -0.2) is 48.1 Å². The fraction of sp³-hybridized carbons (Fsp3) is 0.286. The summed E-state index contributed by atoms with van der Waals surface area (Å²) in [4.78, 5) is 21.4. The van der Waals surface area contributed by atoms with Gasteiger partial charge in [-0.3, -0.25) is 4.79 Å². The SMILES string of the molecule is Cc1cc(N2CCN(C3=Nc4c(F)cccc4C(CC(=O)O)N3c3ccc(F)c(C(F)(F)F)c3)CC2)ccc1F. The Balaban J connectivity index is 1.57. The van der Waals surface area contributed by atoms with Gasteiger partial charge in [0.05, 0.1) is 18.0 Å². The molecule has 0 aromatic heterocycles. The normalized spacial score (nSPS) is 17.5. The minimum Gasteiger partial charge on any atom is -0.481 e. The number of carboxylic acid groups (broad SMARTS) is 1. The van der Waals surface area contributed by atoms with Crippen molar-refractivity contribution in [1.82, 2.24) is 4.90 Å². The standard InChI is InChI=1S/C28H24F6N4O2/c1-16-13-17(5-7-21(16)29)36-9-11-37(12-10-36)27-35-26-19(3-2-4-23(26)31)24(15-25(39)40)38(27)18-6-8-22(30)20(14-18)28(32,33)34/h2-8,13-14,24H,9-12,15H2,1H3,(H,39,40). The van der Waals surface area contributed by atoms with Crippen molar-refractivity contribution in [2.45, 2.75) is 25.6 Å². The highest BCUT2D eigenvalue weighted by Gasteiger charge is 2.40. The molecule has 1 saturated heterocycles. The van der Waals surface area contributed by atoms with E-state index in [4.69, 9.17) is 0 Å². The number of carbonyl (C=O) groups is 1. The van der Waals surface area contributed by atoms with Crippen molar-refractivity contribution in [3.05, 3.63) is 88.7 Å². The van der Waals surface area contributed by atoms with Crippen LogP contribution in [0.5, 0.6) is 0 Å². The molecule has 1 atom stereocenters. The molecule has 2 aliphatic rings. The third-order valence-corrected chi connectivity index (χ3v) is 7.09. The van der Waals surface area contributed by atoms with E-state index in [9.17, 15) is 36.2 Å². The molecule has 3 aromatic carbocycles. The Morgan fingerprint density at radius 2 is 1.55 bits per heavy atom. The van der Waals surface area contributed by atoms with Gasteiger partial charge in [-0.2, -0.15) is 13.2 Å². The summed E-state index contributed by atoms with van der Waals surface area (Å²) in [5, 5.41) is 9.71. The number of benzene rings is 3. The maximum Gasteiger partial charge on any atom is 0.419 e. The topological polar surface area (TPSA) is 59.4 Å². The van der Waals surface area contributed by atoms with E-state index in [1.807, 2.05) is 4.90 Å². The molecule has 5 rings (SSSR count). The van der Waals surface area contributed by atoms with Gasteiger partial charge in [0.2, 0.25) is 5.96 Å². The quantitative estimate of drug-likeness (QED) is 0.380. The first-order chi connectivity index (χ1) is 18.9. The lowest BCUT2D eigenvalue weighted by Gasteiger charge is -2.45. The summed E-state index contributed by atoms with van der Waals surface area (Å²) >= 11 is 0. The molecule has 0 saturated carbocycles. The molecule has 0 radical (unpaired) electrons. The van der Waals surface area contributed by atoms with Crippen molar-refractivity contribution in [2.24, 2.45) is 4.99 Å². The number of rotatable bonds is 4. The number of carboxylic acids is 1. The van der Waals surface area contributed by atoms with Crippen molar-refractivity contribution >= 4 is 29.0 Å². The molecule has 210 valence electrons. The molecule has 1 N–H and O–H groups in total. The van der Waals surface area contributed by atoms with Gasteiger partial charge < -0.3 is 19.8 Å². The summed E-state index contributed by atoms with van der Waals surface area (Å²) in [5.74, 6) is -3.73. The number of anilines is 2. The number of fused-ring (bicyclic) bond motifs is 1. The van der Waals surface area contributed by atoms with Crippen LogP contribution in [0.3, 0.4) is 0 Å². The Morgan fingerprint density at radius 1 is 0.900 bits per heavy atom. The molecular formula is C28H24F6N4O2. The van der Waals surface area contributed by atoms with Crippen LogP contribution in [0.1, 0.15) is 29.2 Å². The molecule has 12 heteroatoms. The summed E-state index contributed by atoms with van der Waals surface area (Å²) in [7, 11) is 0. The second-order valence-electron chi connectivity index (χ2n) is 9.64. The number of aliphatic imine (C=N–C) groups is 1. The van der Waals surface area contributed by atoms with Gasteiger partial charge in [-0.1, -0.05) is 12.1 Å². The zero-order valence-corrected chi connectivity index (χ0v) is 21.2. The number of guanidine groups is 1. The van der Waals surface area contributed by atoms with E-state index < -0.39 is 41.8 Å². The number of halogens is 6. The molecule has 1 fully saturated rings. The smallest absolute Gasteiger partial charge is 0.419 e. The van der Waals surface area contributed by atoms with E-state index in [2.05, 4.69) is 4.99 Å². The predicted octanol–water partition coefficient (Wildman–Crippen LogP) is 6.28. The molecule has 3 aromatic rings. The van der Waals surface area contributed by atoms with Crippen molar-refractivity contribution in [1.29, 1.82) is 0 Å². The van der Waals surface area contributed by atoms with Gasteiger partial charge in [-0.15, -0.1) is 0 Å². The monoisotopic (exact) mass is 562 g/mol. The Morgan fingerprint density at radius 3 is 2.20 bits per heavy atom. The van der Waals surface area contributed by atoms with Gasteiger partial charge in [0, 0.05) is 43.1 Å². The lowest BCUT2D eigenvalue weighted by Crippen LogP contribution is -2.55. The minimum absolute atomic E-state index is 0.0542. The number of alkyl halides is 3. The zero-order chi connectivity index (χ0) is 28.8. The summed E-state index contributed by atoms with van der Waals surface area (Å²) in [5.41, 5.74) is -0.304. The first kappa shape index (κ1) is 27.4. The number of hydrogen-bond acceptors (Lipinski definition) is 5. The largest absolute Gasteiger partial charge is 0.481 e. The van der Waals surface area contributed by atoms with Crippen LogP contribution >= 0.6 is 0 Å². The fourth-order valence-electron chi connectivity index (χ4n) is 5.11. The summed E-state index contributed by atoms with van der Waals surface area (Å²) in [6.07, 6.45) is -5.58. The number of piperazine rings is 1. The Bertz CT molecular complexity index is 1480. The number of para-hydroxylation sites is 1. The molecule has 0 amide bonds. The average molecular weight is 563 g/mol. The first-order valence-electron chi connectivity index (χ1n) is 12.4. The highest BCUT2D eigenvalue weighted by atomic mass is 19.4. The van der Waals surface area contributed by atoms with Crippen molar-refractivity contribution in [3.63, 3.8) is 0 Å². The van der Waals surface area contributed by atoms with Gasteiger partial charge in [0.15, 0.2) is 0 Å². The van der Waals surface area contributed by atoms with Crippen molar-refractivity contribution in [3.8, 4) is 0 Å². The molecule has 2 aliphatic heterocycles. The third kappa shape index (κ3) is 5.17. The van der Waals surface area contributed by atoms with Crippen molar-refractivity contribution < 1.29 is 36.2 Å².